The van der Waals surface area contributed by atoms with Crippen LogP contribution in [-0.2, 0) is 0 Å². The molecule has 60 heavy (non-hydrogen) atoms. The van der Waals surface area contributed by atoms with Crippen molar-refractivity contribution in [3.05, 3.63) is 243 Å². The van der Waals surface area contributed by atoms with Crippen molar-refractivity contribution in [3.8, 4) is 50.2 Å². The van der Waals surface area contributed by atoms with Crippen molar-refractivity contribution in [2.75, 3.05) is 4.90 Å². The Hall–Kier alpha value is -7.94. The molecule has 0 fully saturated rings. The SMILES string of the molecule is c1ccc(-c2ccccc2-c2cccc(N(c3ccc(-c4cccc5ccccc45)cc3-c3ccccc3)c3cccc4c3c3ccccc3n4-c3ccccc3)c2)cc1. The molecular weight excluding hydrogens is 725 g/mol. The lowest BCUT2D eigenvalue weighted by atomic mass is 9.92. The summed E-state index contributed by atoms with van der Waals surface area (Å²) in [4.78, 5) is 2.49. The van der Waals surface area contributed by atoms with Gasteiger partial charge in [-0.05, 0) is 104 Å². The molecule has 1 aromatic heterocycles. The van der Waals surface area contributed by atoms with E-state index in [1.165, 1.54) is 54.9 Å². The van der Waals surface area contributed by atoms with E-state index in [1.54, 1.807) is 0 Å². The van der Waals surface area contributed by atoms with Gasteiger partial charge in [-0.25, -0.2) is 0 Å². The van der Waals surface area contributed by atoms with Crippen LogP contribution < -0.4 is 4.90 Å². The fraction of sp³-hybridized carbons (Fsp3) is 0. The highest BCUT2D eigenvalue weighted by Gasteiger charge is 2.24. The molecular formula is C58H40N2. The highest BCUT2D eigenvalue weighted by molar-refractivity contribution is 6.17. The minimum atomic E-state index is 1.08. The standard InChI is InChI=1S/C58H40N2/c1-4-19-41(20-5-1)48-30-12-13-31-50(48)44-25-16-28-47(39-44)60(57-36-18-35-56-58(57)52-32-14-15-34-54(52)59(56)46-26-8-3-9-27-46)55-38-37-45(40-53(55)43-21-6-2-7-22-43)51-33-17-24-42-23-10-11-29-49(42)51/h1-40H. The second kappa shape index (κ2) is 15.1. The Balaban J connectivity index is 1.21. The first kappa shape index (κ1) is 35.2. The maximum absolute atomic E-state index is 2.49. The summed E-state index contributed by atoms with van der Waals surface area (Å²) in [7, 11) is 0. The minimum absolute atomic E-state index is 1.08. The first-order valence-electron chi connectivity index (χ1n) is 20.6. The first-order valence-corrected chi connectivity index (χ1v) is 20.6. The number of aromatic nitrogens is 1. The van der Waals surface area contributed by atoms with Gasteiger partial charge in [0.15, 0.2) is 0 Å². The van der Waals surface area contributed by atoms with Crippen molar-refractivity contribution in [2.24, 2.45) is 0 Å². The van der Waals surface area contributed by atoms with Gasteiger partial charge in [-0.3, -0.25) is 0 Å². The Morgan fingerprint density at radius 2 is 0.833 bits per heavy atom. The average Bonchev–Trinajstić information content (AvgIpc) is 3.67. The van der Waals surface area contributed by atoms with Gasteiger partial charge in [0.25, 0.3) is 0 Å². The van der Waals surface area contributed by atoms with Gasteiger partial charge >= 0.3 is 0 Å². The summed E-state index contributed by atoms with van der Waals surface area (Å²) in [5.74, 6) is 0. The van der Waals surface area contributed by atoms with Crippen molar-refractivity contribution >= 4 is 49.6 Å². The Kier molecular flexibility index (Phi) is 8.87. The molecule has 0 unspecified atom stereocenters. The van der Waals surface area contributed by atoms with Crippen LogP contribution in [0.2, 0.25) is 0 Å². The molecule has 11 rings (SSSR count). The van der Waals surface area contributed by atoms with E-state index < -0.39 is 0 Å². The number of para-hydroxylation sites is 2. The summed E-state index contributed by atoms with van der Waals surface area (Å²) in [6.45, 7) is 0. The second-order valence-corrected chi connectivity index (χ2v) is 15.3. The predicted octanol–water partition coefficient (Wildman–Crippen LogP) is 16.1. The van der Waals surface area contributed by atoms with Crippen LogP contribution in [-0.4, -0.2) is 4.57 Å². The fourth-order valence-corrected chi connectivity index (χ4v) is 9.09. The number of hydrogen-bond acceptors (Lipinski definition) is 1. The number of hydrogen-bond donors (Lipinski definition) is 0. The molecule has 0 N–H and O–H groups in total. The molecule has 2 nitrogen and oxygen atoms in total. The van der Waals surface area contributed by atoms with Gasteiger partial charge in [-0.1, -0.05) is 188 Å². The lowest BCUT2D eigenvalue weighted by molar-refractivity contribution is 1.18. The van der Waals surface area contributed by atoms with Crippen molar-refractivity contribution in [1.29, 1.82) is 0 Å². The summed E-state index contributed by atoms with van der Waals surface area (Å²) in [5.41, 5.74) is 16.2. The number of nitrogens with zero attached hydrogens (tertiary/aromatic N) is 2. The topological polar surface area (TPSA) is 8.17 Å². The maximum Gasteiger partial charge on any atom is 0.0562 e. The van der Waals surface area contributed by atoms with Gasteiger partial charge in [0, 0.05) is 27.7 Å². The van der Waals surface area contributed by atoms with Crippen LogP contribution in [0.3, 0.4) is 0 Å². The highest BCUT2D eigenvalue weighted by atomic mass is 15.2. The number of rotatable bonds is 8. The lowest BCUT2D eigenvalue weighted by Gasteiger charge is -2.30. The van der Waals surface area contributed by atoms with Gasteiger partial charge in [0.1, 0.15) is 0 Å². The molecule has 0 aliphatic rings. The van der Waals surface area contributed by atoms with Gasteiger partial charge in [-0.15, -0.1) is 0 Å². The molecule has 0 saturated carbocycles. The van der Waals surface area contributed by atoms with Gasteiger partial charge in [-0.2, -0.15) is 0 Å². The average molecular weight is 765 g/mol. The minimum Gasteiger partial charge on any atom is -0.309 e. The van der Waals surface area contributed by atoms with Crippen LogP contribution in [0.1, 0.15) is 0 Å². The largest absolute Gasteiger partial charge is 0.309 e. The van der Waals surface area contributed by atoms with Crippen molar-refractivity contribution in [3.63, 3.8) is 0 Å². The molecule has 282 valence electrons. The molecule has 0 amide bonds. The van der Waals surface area contributed by atoms with Gasteiger partial charge in [0.2, 0.25) is 0 Å². The zero-order chi connectivity index (χ0) is 39.8. The van der Waals surface area contributed by atoms with Crippen LogP contribution in [0.25, 0.3) is 82.8 Å². The lowest BCUT2D eigenvalue weighted by Crippen LogP contribution is -2.12. The molecule has 2 heteroatoms. The molecule has 10 aromatic carbocycles. The zero-order valence-electron chi connectivity index (χ0n) is 33.0. The molecule has 0 saturated heterocycles. The summed E-state index contributed by atoms with van der Waals surface area (Å²) in [5, 5.41) is 4.88. The van der Waals surface area contributed by atoms with Crippen molar-refractivity contribution in [2.45, 2.75) is 0 Å². The smallest absolute Gasteiger partial charge is 0.0562 e. The fourth-order valence-electron chi connectivity index (χ4n) is 9.09. The second-order valence-electron chi connectivity index (χ2n) is 15.3. The van der Waals surface area contributed by atoms with E-state index >= 15 is 0 Å². The highest BCUT2D eigenvalue weighted by Crippen LogP contribution is 2.48. The third kappa shape index (κ3) is 6.14. The third-order valence-corrected chi connectivity index (χ3v) is 11.8. The molecule has 0 radical (unpaired) electrons. The van der Waals surface area contributed by atoms with E-state index in [9.17, 15) is 0 Å². The Labute approximate surface area is 350 Å². The van der Waals surface area contributed by atoms with Gasteiger partial charge in [0.05, 0.1) is 22.4 Å². The quantitative estimate of drug-likeness (QED) is 0.150. The summed E-state index contributed by atoms with van der Waals surface area (Å²) < 4.78 is 2.40. The van der Waals surface area contributed by atoms with Crippen LogP contribution in [0.5, 0.6) is 0 Å². The van der Waals surface area contributed by atoms with Crippen LogP contribution in [0, 0.1) is 0 Å². The van der Waals surface area contributed by atoms with E-state index in [-0.39, 0.29) is 0 Å². The number of anilines is 3. The third-order valence-electron chi connectivity index (χ3n) is 11.8. The predicted molar refractivity (Wildman–Crippen MR) is 255 cm³/mol. The summed E-state index contributed by atoms with van der Waals surface area (Å²) in [6, 6.07) is 88.0. The zero-order valence-corrected chi connectivity index (χ0v) is 33.0. The maximum atomic E-state index is 2.49. The number of benzene rings is 10. The van der Waals surface area contributed by atoms with Crippen LogP contribution >= 0.6 is 0 Å². The van der Waals surface area contributed by atoms with Crippen molar-refractivity contribution < 1.29 is 0 Å². The molecule has 0 spiro atoms. The molecule has 0 atom stereocenters. The molecule has 0 aliphatic carbocycles. The normalized spacial score (nSPS) is 11.3. The number of fused-ring (bicyclic) bond motifs is 4. The summed E-state index contributed by atoms with van der Waals surface area (Å²) in [6.07, 6.45) is 0. The van der Waals surface area contributed by atoms with E-state index in [4.69, 9.17) is 0 Å². The Bertz CT molecular complexity index is 3300. The molecule has 0 aliphatic heterocycles. The van der Waals surface area contributed by atoms with E-state index in [1.807, 2.05) is 0 Å². The molecule has 11 aromatic rings. The van der Waals surface area contributed by atoms with Crippen molar-refractivity contribution in [1.82, 2.24) is 4.57 Å². The van der Waals surface area contributed by atoms with E-state index in [0.29, 0.717) is 0 Å². The summed E-state index contributed by atoms with van der Waals surface area (Å²) >= 11 is 0. The van der Waals surface area contributed by atoms with E-state index in [0.717, 1.165) is 45.0 Å². The van der Waals surface area contributed by atoms with Gasteiger partial charge < -0.3 is 9.47 Å². The molecule has 1 heterocycles. The Morgan fingerprint density at radius 1 is 0.300 bits per heavy atom. The first-order chi connectivity index (χ1) is 29.8. The monoisotopic (exact) mass is 764 g/mol. The Morgan fingerprint density at radius 3 is 1.62 bits per heavy atom. The van der Waals surface area contributed by atoms with Crippen LogP contribution in [0.4, 0.5) is 17.1 Å². The van der Waals surface area contributed by atoms with Crippen LogP contribution in [0.15, 0.2) is 243 Å². The van der Waals surface area contributed by atoms with E-state index in [2.05, 4.69) is 252 Å². The molecule has 0 bridgehead atoms.